The molecule has 398 valence electrons. The highest BCUT2D eigenvalue weighted by atomic mass is 16.4. The van der Waals surface area contributed by atoms with E-state index in [4.69, 9.17) is 22.9 Å². The van der Waals surface area contributed by atoms with Crippen LogP contribution in [0.3, 0.4) is 0 Å². The molecule has 0 rings (SSSR count). The van der Waals surface area contributed by atoms with Gasteiger partial charge in [0, 0.05) is 19.6 Å². The van der Waals surface area contributed by atoms with Crippen molar-refractivity contribution in [3.63, 3.8) is 0 Å². The number of nitrogens with one attached hydrogen (secondary N) is 4. The third kappa shape index (κ3) is 41.5. The predicted octanol–water partition coefficient (Wildman–Crippen LogP) is 7.44. The van der Waals surface area contributed by atoms with E-state index in [0.29, 0.717) is 51.9 Å². The largest absolute Gasteiger partial charge is 0.481 e. The van der Waals surface area contributed by atoms with Crippen molar-refractivity contribution in [1.82, 2.24) is 26.2 Å². The predicted molar refractivity (Wildman–Crippen MR) is 280 cm³/mol. The van der Waals surface area contributed by atoms with Gasteiger partial charge in [0.1, 0.15) is 12.1 Å². The molecule has 0 fully saturated rings. The summed E-state index contributed by atoms with van der Waals surface area (Å²) >= 11 is 0. The number of guanidine groups is 1. The van der Waals surface area contributed by atoms with E-state index in [0.717, 1.165) is 25.9 Å². The van der Waals surface area contributed by atoms with Crippen LogP contribution in [0.15, 0.2) is 4.99 Å². The van der Waals surface area contributed by atoms with Crippen molar-refractivity contribution in [2.24, 2.45) is 27.9 Å². The first-order valence-corrected chi connectivity index (χ1v) is 27.5. The molecule has 0 saturated carbocycles. The van der Waals surface area contributed by atoms with Crippen LogP contribution in [0.1, 0.15) is 232 Å². The molecule has 0 bridgehead atoms. The van der Waals surface area contributed by atoms with Crippen molar-refractivity contribution >= 4 is 35.6 Å². The molecule has 0 saturated heterocycles. The number of aliphatic carboxylic acids is 1. The number of carbonyl (C=O) groups is 5. The summed E-state index contributed by atoms with van der Waals surface area (Å²) in [6.45, 7) is 7.76. The van der Waals surface area contributed by atoms with E-state index < -0.39 is 54.8 Å². The maximum absolute atomic E-state index is 13.6. The summed E-state index contributed by atoms with van der Waals surface area (Å²) < 4.78 is 0. The highest BCUT2D eigenvalue weighted by Crippen LogP contribution is 2.15. The fourth-order valence-corrected chi connectivity index (χ4v) is 8.47. The third-order valence-corrected chi connectivity index (χ3v) is 12.7. The van der Waals surface area contributed by atoms with Crippen LogP contribution in [0, 0.1) is 0 Å². The van der Waals surface area contributed by atoms with E-state index in [1.54, 1.807) is 0 Å². The molecule has 0 spiro atoms. The average Bonchev–Trinajstić information content (AvgIpc) is 3.31. The van der Waals surface area contributed by atoms with Gasteiger partial charge in [0.15, 0.2) is 5.96 Å². The minimum atomic E-state index is -1.49. The van der Waals surface area contributed by atoms with Crippen LogP contribution >= 0.6 is 0 Å². The van der Waals surface area contributed by atoms with Gasteiger partial charge in [-0.15, -0.1) is 0 Å². The van der Waals surface area contributed by atoms with Crippen molar-refractivity contribution in [2.45, 2.75) is 250 Å². The Morgan fingerprint density at radius 2 is 0.971 bits per heavy atom. The molecule has 0 heterocycles. The SMILES string of the molecule is CCCCCCCCCCCCCCCCN(CCCCCCCCCCCCCCCC)CCNC(=O)[C@H](CCCCN)NC(=O)[C@H](CC(=O)O)NC(=O)CNC(=O)[C@@H](N)CCCN=C(N)N. The van der Waals surface area contributed by atoms with Gasteiger partial charge in [-0.25, -0.2) is 0 Å². The van der Waals surface area contributed by atoms with E-state index in [-0.39, 0.29) is 18.3 Å². The number of nitrogens with zero attached hydrogens (tertiary/aromatic N) is 2. The molecule has 0 aliphatic rings. The summed E-state index contributed by atoms with van der Waals surface area (Å²) in [7, 11) is 0. The zero-order valence-electron chi connectivity index (χ0n) is 43.4. The topological polar surface area (TPSA) is 273 Å². The second-order valence-corrected chi connectivity index (χ2v) is 19.2. The Morgan fingerprint density at radius 1 is 0.515 bits per heavy atom. The zero-order chi connectivity index (χ0) is 50.3. The number of aliphatic imine (C=N–C) groups is 1. The molecule has 4 amide bonds. The van der Waals surface area contributed by atoms with Crippen LogP contribution in [-0.2, 0) is 24.0 Å². The number of carbonyl (C=O) groups excluding carboxylic acids is 4. The molecule has 0 aromatic carbocycles. The molecule has 13 N–H and O–H groups in total. The second-order valence-electron chi connectivity index (χ2n) is 19.2. The second kappa shape index (κ2) is 47.2. The molecule has 0 aromatic rings. The smallest absolute Gasteiger partial charge is 0.305 e. The van der Waals surface area contributed by atoms with E-state index in [2.05, 4.69) is 45.0 Å². The lowest BCUT2D eigenvalue weighted by Gasteiger charge is -2.25. The normalized spacial score (nSPS) is 12.6. The Kier molecular flexibility index (Phi) is 44.8. The fraction of sp³-hybridized carbons (Fsp3) is 0.885. The Hall–Kier alpha value is -3.50. The number of hydrogen-bond acceptors (Lipinski definition) is 9. The molecule has 0 aliphatic carbocycles. The van der Waals surface area contributed by atoms with Crippen LogP contribution in [-0.4, -0.2) is 110 Å². The number of unbranched alkanes of at least 4 members (excludes halogenated alkanes) is 27. The first-order chi connectivity index (χ1) is 32.9. The van der Waals surface area contributed by atoms with Crippen molar-refractivity contribution in [2.75, 3.05) is 45.8 Å². The van der Waals surface area contributed by atoms with E-state index >= 15 is 0 Å². The summed E-state index contributed by atoms with van der Waals surface area (Å²) in [5, 5.41) is 20.1. The lowest BCUT2D eigenvalue weighted by molar-refractivity contribution is -0.141. The van der Waals surface area contributed by atoms with Crippen molar-refractivity contribution in [3.05, 3.63) is 0 Å². The van der Waals surface area contributed by atoms with Gasteiger partial charge >= 0.3 is 5.97 Å². The minimum Gasteiger partial charge on any atom is -0.481 e. The first kappa shape index (κ1) is 64.5. The molecule has 0 aliphatic heterocycles. The lowest BCUT2D eigenvalue weighted by Crippen LogP contribution is -2.56. The van der Waals surface area contributed by atoms with Gasteiger partial charge in [0.25, 0.3) is 0 Å². The molecular formula is C52H104N10O6. The Labute approximate surface area is 413 Å². The summed E-state index contributed by atoms with van der Waals surface area (Å²) in [6.07, 6.45) is 38.3. The van der Waals surface area contributed by atoms with Crippen LogP contribution in [0.5, 0.6) is 0 Å². The van der Waals surface area contributed by atoms with Crippen LogP contribution < -0.4 is 44.2 Å². The lowest BCUT2D eigenvalue weighted by atomic mass is 10.0. The molecule has 3 atom stereocenters. The monoisotopic (exact) mass is 965 g/mol. The molecule has 16 nitrogen and oxygen atoms in total. The van der Waals surface area contributed by atoms with Crippen LogP contribution in [0.4, 0.5) is 0 Å². The van der Waals surface area contributed by atoms with Gasteiger partial charge in [-0.05, 0) is 64.6 Å². The molecule has 68 heavy (non-hydrogen) atoms. The molecule has 0 aromatic heterocycles. The average molecular weight is 965 g/mol. The van der Waals surface area contributed by atoms with Gasteiger partial charge in [-0.1, -0.05) is 181 Å². The standard InChI is InChI=1S/C52H104N10O6/c1-3-5-7-9-11-13-15-17-19-21-23-25-27-31-39-62(40-32-28-26-24-22-20-18-16-14-12-10-8-6-4-2)41-38-57-50(67)45(35-29-30-36-53)61-51(68)46(42-48(64)65)60-47(63)43-59-49(66)44(54)34-33-37-58-52(55)56/h44-46H,3-43,53-54H2,1-2H3,(H,57,67)(H,59,66)(H,60,63)(H,61,68)(H,64,65)(H4,55,56,58)/t44-,45-,46-/m0/s1. The van der Waals surface area contributed by atoms with E-state index in [1.807, 2.05) is 0 Å². The number of hydrogen-bond donors (Lipinski definition) is 9. The van der Waals surface area contributed by atoms with E-state index in [9.17, 15) is 29.1 Å². The fourth-order valence-electron chi connectivity index (χ4n) is 8.47. The molecule has 0 radical (unpaired) electrons. The van der Waals surface area contributed by atoms with Crippen molar-refractivity contribution < 1.29 is 29.1 Å². The Balaban J connectivity index is 5.18. The number of rotatable bonds is 50. The zero-order valence-corrected chi connectivity index (χ0v) is 43.4. The third-order valence-electron chi connectivity index (χ3n) is 12.7. The number of carboxylic acids is 1. The number of carboxylic acid groups (broad SMARTS) is 1. The van der Waals surface area contributed by atoms with Crippen molar-refractivity contribution in [3.8, 4) is 0 Å². The first-order valence-electron chi connectivity index (χ1n) is 27.5. The van der Waals surface area contributed by atoms with Crippen molar-refractivity contribution in [1.29, 1.82) is 0 Å². The summed E-state index contributed by atoms with van der Waals surface area (Å²) in [4.78, 5) is 70.4. The molecular weight excluding hydrogens is 861 g/mol. The maximum Gasteiger partial charge on any atom is 0.305 e. The molecule has 16 heteroatoms. The Morgan fingerprint density at radius 3 is 1.40 bits per heavy atom. The Bertz CT molecular complexity index is 1260. The summed E-state index contributed by atoms with van der Waals surface area (Å²) in [6, 6.07) is -3.37. The van der Waals surface area contributed by atoms with Crippen LogP contribution in [0.25, 0.3) is 0 Å². The van der Waals surface area contributed by atoms with Crippen LogP contribution in [0.2, 0.25) is 0 Å². The van der Waals surface area contributed by atoms with E-state index in [1.165, 1.54) is 167 Å². The quantitative estimate of drug-likeness (QED) is 0.0164. The minimum absolute atomic E-state index is 0.0695. The highest BCUT2D eigenvalue weighted by Gasteiger charge is 2.29. The van der Waals surface area contributed by atoms with Gasteiger partial charge in [0.05, 0.1) is 19.0 Å². The maximum atomic E-state index is 13.6. The molecule has 0 unspecified atom stereocenters. The highest BCUT2D eigenvalue weighted by molar-refractivity contribution is 5.95. The van der Waals surface area contributed by atoms with Gasteiger partial charge < -0.3 is 54.2 Å². The number of amides is 4. The number of nitrogens with two attached hydrogens (primary N) is 4. The van der Waals surface area contributed by atoms with Gasteiger partial charge in [-0.3, -0.25) is 29.0 Å². The van der Waals surface area contributed by atoms with Gasteiger partial charge in [-0.2, -0.15) is 0 Å². The summed E-state index contributed by atoms with van der Waals surface area (Å²) in [5.41, 5.74) is 22.3. The van der Waals surface area contributed by atoms with Gasteiger partial charge in [0.2, 0.25) is 23.6 Å². The summed E-state index contributed by atoms with van der Waals surface area (Å²) in [5.74, 6) is -3.95.